The lowest BCUT2D eigenvalue weighted by molar-refractivity contribution is -0.135. The SMILES string of the molecule is CNS(=O)(=O)CCNC(C)CCCC(F)(F)F. The van der Waals surface area contributed by atoms with Crippen LogP contribution in [0.5, 0.6) is 0 Å². The van der Waals surface area contributed by atoms with Gasteiger partial charge in [0.2, 0.25) is 10.0 Å². The molecular formula is C9H19F3N2O2S. The zero-order valence-corrected chi connectivity index (χ0v) is 10.8. The van der Waals surface area contributed by atoms with Crippen molar-refractivity contribution in [3.05, 3.63) is 0 Å². The number of hydrogen-bond acceptors (Lipinski definition) is 3. The molecule has 0 aromatic rings. The predicted octanol–water partition coefficient (Wildman–Crippen LogP) is 1.25. The minimum Gasteiger partial charge on any atom is -0.313 e. The van der Waals surface area contributed by atoms with Gasteiger partial charge in [-0.15, -0.1) is 0 Å². The van der Waals surface area contributed by atoms with Gasteiger partial charge in [-0.05, 0) is 26.8 Å². The number of sulfonamides is 1. The second kappa shape index (κ2) is 7.17. The molecule has 0 saturated carbocycles. The highest BCUT2D eigenvalue weighted by Crippen LogP contribution is 2.22. The van der Waals surface area contributed by atoms with Crippen LogP contribution in [0.15, 0.2) is 0 Å². The highest BCUT2D eigenvalue weighted by molar-refractivity contribution is 7.89. The summed E-state index contributed by atoms with van der Waals surface area (Å²) < 4.78 is 59.8. The Labute approximate surface area is 100 Å². The van der Waals surface area contributed by atoms with Crippen LogP contribution in [0.1, 0.15) is 26.2 Å². The molecule has 2 N–H and O–H groups in total. The Morgan fingerprint density at radius 3 is 2.35 bits per heavy atom. The van der Waals surface area contributed by atoms with Crippen LogP contribution in [0, 0.1) is 0 Å². The normalized spacial score (nSPS) is 14.9. The summed E-state index contributed by atoms with van der Waals surface area (Å²) in [5.74, 6) is -0.0763. The number of hydrogen-bond donors (Lipinski definition) is 2. The summed E-state index contributed by atoms with van der Waals surface area (Å²) in [5, 5.41) is 2.87. The van der Waals surface area contributed by atoms with E-state index >= 15 is 0 Å². The molecule has 4 nitrogen and oxygen atoms in total. The third-order valence-electron chi connectivity index (χ3n) is 2.27. The third kappa shape index (κ3) is 10.5. The number of nitrogens with one attached hydrogen (secondary N) is 2. The van der Waals surface area contributed by atoms with Crippen molar-refractivity contribution in [1.82, 2.24) is 10.0 Å². The van der Waals surface area contributed by atoms with Crippen molar-refractivity contribution < 1.29 is 21.6 Å². The van der Waals surface area contributed by atoms with Crippen molar-refractivity contribution in [3.8, 4) is 0 Å². The van der Waals surface area contributed by atoms with Crippen LogP contribution < -0.4 is 10.0 Å². The Hall–Kier alpha value is -0.340. The molecule has 0 spiro atoms. The molecule has 0 rings (SSSR count). The van der Waals surface area contributed by atoms with Gasteiger partial charge in [-0.3, -0.25) is 0 Å². The van der Waals surface area contributed by atoms with E-state index in [2.05, 4.69) is 10.0 Å². The van der Waals surface area contributed by atoms with Crippen LogP contribution in [0.4, 0.5) is 13.2 Å². The first-order valence-electron chi connectivity index (χ1n) is 5.37. The minimum absolute atomic E-state index is 0.0520. The fraction of sp³-hybridized carbons (Fsp3) is 1.00. The fourth-order valence-corrected chi connectivity index (χ4v) is 1.84. The molecule has 1 unspecified atom stereocenters. The van der Waals surface area contributed by atoms with E-state index in [1.807, 2.05) is 0 Å². The molecule has 0 aliphatic carbocycles. The van der Waals surface area contributed by atoms with Gasteiger partial charge in [-0.2, -0.15) is 13.2 Å². The Morgan fingerprint density at radius 1 is 1.29 bits per heavy atom. The van der Waals surface area contributed by atoms with Crippen LogP contribution >= 0.6 is 0 Å². The van der Waals surface area contributed by atoms with Gasteiger partial charge in [-0.1, -0.05) is 0 Å². The topological polar surface area (TPSA) is 58.2 Å². The number of halogens is 3. The first-order chi connectivity index (χ1) is 7.66. The molecule has 0 aliphatic heterocycles. The summed E-state index contributed by atoms with van der Waals surface area (Å²) in [4.78, 5) is 0. The molecule has 0 saturated heterocycles. The van der Waals surface area contributed by atoms with Gasteiger partial charge in [-0.25, -0.2) is 13.1 Å². The van der Waals surface area contributed by atoms with Gasteiger partial charge in [0, 0.05) is 19.0 Å². The third-order valence-corrected chi connectivity index (χ3v) is 3.64. The van der Waals surface area contributed by atoms with Crippen molar-refractivity contribution in [1.29, 1.82) is 0 Å². The van der Waals surface area contributed by atoms with Crippen LogP contribution in [0.3, 0.4) is 0 Å². The van der Waals surface area contributed by atoms with Crippen molar-refractivity contribution in [2.24, 2.45) is 0 Å². The van der Waals surface area contributed by atoms with E-state index in [0.717, 1.165) is 0 Å². The molecule has 1 atom stereocenters. The molecule has 0 amide bonds. The van der Waals surface area contributed by atoms with E-state index in [0.29, 0.717) is 6.42 Å². The summed E-state index contributed by atoms with van der Waals surface area (Å²) in [6.07, 6.45) is -4.49. The second-order valence-electron chi connectivity index (χ2n) is 3.89. The molecule has 0 aromatic carbocycles. The Bertz CT molecular complexity index is 304. The van der Waals surface area contributed by atoms with Crippen LogP contribution in [-0.4, -0.2) is 40.0 Å². The highest BCUT2D eigenvalue weighted by atomic mass is 32.2. The van der Waals surface area contributed by atoms with Gasteiger partial charge >= 0.3 is 6.18 Å². The molecule has 104 valence electrons. The summed E-state index contributed by atoms with van der Waals surface area (Å²) in [6, 6.07) is -0.121. The van der Waals surface area contributed by atoms with E-state index in [4.69, 9.17) is 0 Å². The lowest BCUT2D eigenvalue weighted by Gasteiger charge is -2.14. The zero-order valence-electron chi connectivity index (χ0n) is 9.97. The maximum atomic E-state index is 11.9. The van der Waals surface area contributed by atoms with E-state index < -0.39 is 22.6 Å². The standard InChI is InChI=1S/C9H19F3N2O2S/c1-8(4-3-5-9(10,11)12)14-6-7-17(15,16)13-2/h8,13-14H,3-7H2,1-2H3. The summed E-state index contributed by atoms with van der Waals surface area (Å²) >= 11 is 0. The smallest absolute Gasteiger partial charge is 0.313 e. The molecule has 0 radical (unpaired) electrons. The minimum atomic E-state index is -4.12. The van der Waals surface area contributed by atoms with E-state index in [-0.39, 0.29) is 24.8 Å². The van der Waals surface area contributed by atoms with Gasteiger partial charge in [0.15, 0.2) is 0 Å². The molecule has 0 aliphatic rings. The predicted molar refractivity (Wildman–Crippen MR) is 60.2 cm³/mol. The molecule has 8 heteroatoms. The lowest BCUT2D eigenvalue weighted by atomic mass is 10.1. The van der Waals surface area contributed by atoms with E-state index in [9.17, 15) is 21.6 Å². The quantitative estimate of drug-likeness (QED) is 0.701. The zero-order chi connectivity index (χ0) is 13.5. The fourth-order valence-electron chi connectivity index (χ4n) is 1.25. The average molecular weight is 276 g/mol. The van der Waals surface area contributed by atoms with Crippen molar-refractivity contribution in [2.45, 2.75) is 38.4 Å². The Balaban J connectivity index is 3.64. The average Bonchev–Trinajstić information content (AvgIpc) is 2.15. The van der Waals surface area contributed by atoms with Crippen LogP contribution in [-0.2, 0) is 10.0 Å². The first kappa shape index (κ1) is 16.7. The Morgan fingerprint density at radius 2 is 1.88 bits per heavy atom. The largest absolute Gasteiger partial charge is 0.389 e. The highest BCUT2D eigenvalue weighted by Gasteiger charge is 2.26. The number of rotatable bonds is 8. The molecule has 0 aromatic heterocycles. The summed E-state index contributed by atoms with van der Waals surface area (Å²) in [5.41, 5.74) is 0. The molecule has 0 bridgehead atoms. The van der Waals surface area contributed by atoms with E-state index in [1.54, 1.807) is 6.92 Å². The number of alkyl halides is 3. The maximum Gasteiger partial charge on any atom is 0.389 e. The van der Waals surface area contributed by atoms with Gasteiger partial charge in [0.05, 0.1) is 5.75 Å². The summed E-state index contributed by atoms with van der Waals surface area (Å²) in [7, 11) is -1.93. The first-order valence-corrected chi connectivity index (χ1v) is 7.03. The maximum absolute atomic E-state index is 11.9. The lowest BCUT2D eigenvalue weighted by Crippen LogP contribution is -2.34. The van der Waals surface area contributed by atoms with E-state index in [1.165, 1.54) is 7.05 Å². The van der Waals surface area contributed by atoms with Crippen molar-refractivity contribution >= 4 is 10.0 Å². The molecular weight excluding hydrogens is 257 g/mol. The van der Waals surface area contributed by atoms with Crippen LogP contribution in [0.25, 0.3) is 0 Å². The van der Waals surface area contributed by atoms with Crippen molar-refractivity contribution in [3.63, 3.8) is 0 Å². The van der Waals surface area contributed by atoms with Gasteiger partial charge in [0.1, 0.15) is 0 Å². The molecule has 17 heavy (non-hydrogen) atoms. The molecule has 0 fully saturated rings. The van der Waals surface area contributed by atoms with Gasteiger partial charge in [0.25, 0.3) is 0 Å². The monoisotopic (exact) mass is 276 g/mol. The van der Waals surface area contributed by atoms with Gasteiger partial charge < -0.3 is 5.32 Å². The Kier molecular flexibility index (Phi) is 7.03. The van der Waals surface area contributed by atoms with Crippen molar-refractivity contribution in [2.75, 3.05) is 19.3 Å². The molecule has 0 heterocycles. The summed E-state index contributed by atoms with van der Waals surface area (Å²) in [6.45, 7) is 1.97. The van der Waals surface area contributed by atoms with Crippen LogP contribution in [0.2, 0.25) is 0 Å². The second-order valence-corrected chi connectivity index (χ2v) is 5.93.